The van der Waals surface area contributed by atoms with Gasteiger partial charge in [0.1, 0.15) is 0 Å². The molecule has 0 spiro atoms. The second-order valence-electron chi connectivity index (χ2n) is 5.96. The largest absolute Gasteiger partial charge is 0.355 e. The number of aryl methyl sites for hydroxylation is 1. The molecule has 3 rings (SSSR count). The van der Waals surface area contributed by atoms with E-state index in [-0.39, 0.29) is 24.8 Å². The molecule has 27 heavy (non-hydrogen) atoms. The molecule has 2 heterocycles. The van der Waals surface area contributed by atoms with Crippen LogP contribution < -0.4 is 10.6 Å². The number of benzene rings is 1. The monoisotopic (exact) mass is 380 g/mol. The van der Waals surface area contributed by atoms with E-state index in [1.165, 1.54) is 11.3 Å². The van der Waals surface area contributed by atoms with Gasteiger partial charge in [-0.15, -0.1) is 0 Å². The molecule has 0 fully saturated rings. The number of rotatable bonds is 7. The van der Waals surface area contributed by atoms with E-state index in [9.17, 15) is 9.59 Å². The second-order valence-corrected chi connectivity index (χ2v) is 6.96. The number of carbonyl (C=O) groups is 2. The first-order chi connectivity index (χ1) is 13.1. The third kappa shape index (κ3) is 5.46. The van der Waals surface area contributed by atoms with Gasteiger partial charge in [0.2, 0.25) is 11.8 Å². The fourth-order valence-electron chi connectivity index (χ4n) is 2.53. The summed E-state index contributed by atoms with van der Waals surface area (Å²) in [4.78, 5) is 33.6. The molecule has 6 nitrogen and oxygen atoms in total. The number of aromatic nitrogens is 2. The lowest BCUT2D eigenvalue weighted by molar-refractivity contribution is -0.120. The Balaban J connectivity index is 1.46. The zero-order chi connectivity index (χ0) is 19.1. The Kier molecular flexibility index (Phi) is 6.27. The van der Waals surface area contributed by atoms with Gasteiger partial charge in [-0.3, -0.25) is 14.6 Å². The maximum Gasteiger partial charge on any atom is 0.227 e. The van der Waals surface area contributed by atoms with E-state index in [1.54, 1.807) is 6.20 Å². The molecule has 2 N–H and O–H groups in total. The van der Waals surface area contributed by atoms with Crippen LogP contribution in [-0.4, -0.2) is 28.3 Å². The lowest BCUT2D eigenvalue weighted by Gasteiger charge is -2.05. The highest BCUT2D eigenvalue weighted by Gasteiger charge is 2.13. The highest BCUT2D eigenvalue weighted by Crippen LogP contribution is 2.31. The van der Waals surface area contributed by atoms with Gasteiger partial charge < -0.3 is 10.6 Å². The molecule has 0 bridgehead atoms. The van der Waals surface area contributed by atoms with Crippen LogP contribution in [0.15, 0.2) is 54.7 Å². The van der Waals surface area contributed by atoms with Crippen molar-refractivity contribution in [2.75, 3.05) is 11.9 Å². The minimum absolute atomic E-state index is 0.100. The van der Waals surface area contributed by atoms with Gasteiger partial charge in [0.05, 0.1) is 22.7 Å². The van der Waals surface area contributed by atoms with Crippen LogP contribution in [0.25, 0.3) is 10.6 Å². The average molecular weight is 380 g/mol. The van der Waals surface area contributed by atoms with Gasteiger partial charge in [0.25, 0.3) is 0 Å². The quantitative estimate of drug-likeness (QED) is 0.659. The van der Waals surface area contributed by atoms with E-state index >= 15 is 0 Å². The smallest absolute Gasteiger partial charge is 0.227 e. The number of nitrogens with one attached hydrogen (secondary N) is 2. The molecule has 0 unspecified atom stereocenters. The Labute approximate surface area is 161 Å². The van der Waals surface area contributed by atoms with Gasteiger partial charge in [-0.05, 0) is 24.6 Å². The Hall–Kier alpha value is -3.06. The summed E-state index contributed by atoms with van der Waals surface area (Å²) in [5.41, 5.74) is 2.60. The molecule has 7 heteroatoms. The minimum Gasteiger partial charge on any atom is -0.355 e. The van der Waals surface area contributed by atoms with Gasteiger partial charge in [0.15, 0.2) is 5.13 Å². The van der Waals surface area contributed by atoms with E-state index in [0.29, 0.717) is 11.6 Å². The third-order valence-corrected chi connectivity index (χ3v) is 4.92. The van der Waals surface area contributed by atoms with Gasteiger partial charge in [-0.25, -0.2) is 4.98 Å². The molecular weight excluding hydrogens is 360 g/mol. The van der Waals surface area contributed by atoms with Crippen molar-refractivity contribution in [2.45, 2.75) is 19.8 Å². The van der Waals surface area contributed by atoms with Crippen LogP contribution >= 0.6 is 11.3 Å². The maximum absolute atomic E-state index is 12.1. The molecule has 0 aliphatic rings. The summed E-state index contributed by atoms with van der Waals surface area (Å²) in [6, 6.07) is 15.2. The molecule has 0 atom stereocenters. The van der Waals surface area contributed by atoms with Crippen LogP contribution in [0, 0.1) is 6.92 Å². The summed E-state index contributed by atoms with van der Waals surface area (Å²) in [5, 5.41) is 6.09. The summed E-state index contributed by atoms with van der Waals surface area (Å²) in [7, 11) is 0. The molecule has 2 aromatic heterocycles. The summed E-state index contributed by atoms with van der Waals surface area (Å²) >= 11 is 1.39. The Bertz CT molecular complexity index is 910. The summed E-state index contributed by atoms with van der Waals surface area (Å²) < 4.78 is 0. The van der Waals surface area contributed by atoms with Crippen molar-refractivity contribution in [3.8, 4) is 10.6 Å². The van der Waals surface area contributed by atoms with Crippen molar-refractivity contribution >= 4 is 28.3 Å². The molecule has 0 aliphatic carbocycles. The molecule has 2 amide bonds. The Morgan fingerprint density at radius 3 is 2.56 bits per heavy atom. The predicted molar refractivity (Wildman–Crippen MR) is 106 cm³/mol. The third-order valence-electron chi connectivity index (χ3n) is 3.82. The zero-order valence-corrected chi connectivity index (χ0v) is 15.8. The number of hydrogen-bond donors (Lipinski definition) is 2. The fraction of sp³-hybridized carbons (Fsp3) is 0.200. The average Bonchev–Trinajstić information content (AvgIpc) is 3.03. The highest BCUT2D eigenvalue weighted by molar-refractivity contribution is 7.19. The Morgan fingerprint density at radius 1 is 1.04 bits per heavy atom. The first kappa shape index (κ1) is 18.7. The molecular formula is C20H20N4O2S. The van der Waals surface area contributed by atoms with Crippen LogP contribution in [0.3, 0.4) is 0 Å². The summed E-state index contributed by atoms with van der Waals surface area (Å²) in [6.07, 6.45) is 2.23. The zero-order valence-electron chi connectivity index (χ0n) is 14.9. The first-order valence-corrected chi connectivity index (χ1v) is 9.43. The number of thiazole rings is 1. The topological polar surface area (TPSA) is 84.0 Å². The molecule has 3 aromatic rings. The number of amides is 2. The van der Waals surface area contributed by atoms with Gasteiger partial charge in [-0.2, -0.15) is 0 Å². The molecule has 0 aliphatic heterocycles. The van der Waals surface area contributed by atoms with E-state index in [2.05, 4.69) is 20.6 Å². The van der Waals surface area contributed by atoms with Crippen molar-refractivity contribution < 1.29 is 9.59 Å². The lowest BCUT2D eigenvalue weighted by Crippen LogP contribution is -2.28. The second kappa shape index (κ2) is 9.05. The maximum atomic E-state index is 12.1. The number of carbonyl (C=O) groups excluding carboxylic acids is 2. The Morgan fingerprint density at radius 2 is 1.81 bits per heavy atom. The molecule has 0 radical (unpaired) electrons. The predicted octanol–water partition coefficient (Wildman–Crippen LogP) is 3.20. The van der Waals surface area contributed by atoms with Crippen LogP contribution in [0.4, 0.5) is 5.13 Å². The summed E-state index contributed by atoms with van der Waals surface area (Å²) in [6.45, 7) is 2.18. The fourth-order valence-corrected chi connectivity index (χ4v) is 3.49. The van der Waals surface area contributed by atoms with Gasteiger partial charge in [0, 0.05) is 19.2 Å². The first-order valence-electron chi connectivity index (χ1n) is 8.61. The van der Waals surface area contributed by atoms with Crippen LogP contribution in [0.5, 0.6) is 0 Å². The lowest BCUT2D eigenvalue weighted by atomic mass is 10.1. The normalized spacial score (nSPS) is 10.4. The SMILES string of the molecule is Cc1nc(NC(=O)CCNC(=O)Cc2ccccc2)sc1-c1ccccn1. The van der Waals surface area contributed by atoms with Crippen molar-refractivity contribution in [3.63, 3.8) is 0 Å². The number of nitrogens with zero attached hydrogens (tertiary/aromatic N) is 2. The number of pyridine rings is 1. The number of anilines is 1. The van der Waals surface area contributed by atoms with Crippen molar-refractivity contribution in [2.24, 2.45) is 0 Å². The van der Waals surface area contributed by atoms with E-state index in [1.807, 2.05) is 55.5 Å². The molecule has 0 saturated carbocycles. The van der Waals surface area contributed by atoms with Crippen LogP contribution in [0.2, 0.25) is 0 Å². The minimum atomic E-state index is -0.184. The van der Waals surface area contributed by atoms with Crippen molar-refractivity contribution in [1.82, 2.24) is 15.3 Å². The van der Waals surface area contributed by atoms with Crippen molar-refractivity contribution in [3.05, 3.63) is 66.0 Å². The van der Waals surface area contributed by atoms with Crippen molar-refractivity contribution in [1.29, 1.82) is 0 Å². The highest BCUT2D eigenvalue weighted by atomic mass is 32.1. The molecule has 0 saturated heterocycles. The van der Waals surface area contributed by atoms with Gasteiger partial charge in [-0.1, -0.05) is 47.7 Å². The summed E-state index contributed by atoms with van der Waals surface area (Å²) in [5.74, 6) is -0.284. The van der Waals surface area contributed by atoms with Crippen LogP contribution in [0.1, 0.15) is 17.7 Å². The van der Waals surface area contributed by atoms with E-state index < -0.39 is 0 Å². The van der Waals surface area contributed by atoms with E-state index in [0.717, 1.165) is 21.8 Å². The molecule has 1 aromatic carbocycles. The molecule has 138 valence electrons. The van der Waals surface area contributed by atoms with Crippen LogP contribution in [-0.2, 0) is 16.0 Å². The standard InChI is InChI=1S/C20H20N4O2S/c1-14-19(16-9-5-6-11-21-16)27-20(23-14)24-17(25)10-12-22-18(26)13-15-7-3-2-4-8-15/h2-9,11H,10,12-13H2,1H3,(H,22,26)(H,23,24,25). The number of hydrogen-bond acceptors (Lipinski definition) is 5. The van der Waals surface area contributed by atoms with Gasteiger partial charge >= 0.3 is 0 Å². The van der Waals surface area contributed by atoms with E-state index in [4.69, 9.17) is 0 Å².